The molecule has 0 aromatic rings. The average Bonchev–Trinajstić information content (AvgIpc) is 2.17. The topological polar surface area (TPSA) is 24.5 Å². The summed E-state index contributed by atoms with van der Waals surface area (Å²) >= 11 is 0. The summed E-state index contributed by atoms with van der Waals surface area (Å²) in [5.74, 6) is 0. The molecule has 1 N–H and O–H groups in total. The van der Waals surface area contributed by atoms with Crippen molar-refractivity contribution in [2.45, 2.75) is 32.2 Å². The van der Waals surface area contributed by atoms with Crippen LogP contribution in [-0.4, -0.2) is 51.8 Å². The number of hydrogen-bond acceptors (Lipinski definition) is 3. The molecule has 0 aliphatic carbocycles. The van der Waals surface area contributed by atoms with E-state index in [0.29, 0.717) is 6.04 Å². The molecule has 0 bridgehead atoms. The Labute approximate surface area is 88.8 Å². The number of ether oxygens (including phenoxy) is 1. The lowest BCUT2D eigenvalue weighted by Crippen LogP contribution is -2.33. The van der Waals surface area contributed by atoms with Gasteiger partial charge in [0.15, 0.2) is 0 Å². The minimum absolute atomic E-state index is 0.532. The number of hydrogen-bond donors (Lipinski definition) is 1. The molecule has 1 unspecified atom stereocenters. The third kappa shape index (κ3) is 7.30. The molecule has 0 heterocycles. The minimum atomic E-state index is 0.532. The van der Waals surface area contributed by atoms with E-state index in [9.17, 15) is 0 Å². The van der Waals surface area contributed by atoms with Gasteiger partial charge in [-0.3, -0.25) is 0 Å². The maximum atomic E-state index is 5.12. The molecule has 1 atom stereocenters. The Morgan fingerprint density at radius 2 is 2.00 bits per heavy atom. The first-order valence-corrected chi connectivity index (χ1v) is 5.56. The van der Waals surface area contributed by atoms with Gasteiger partial charge in [0.05, 0.1) is 6.61 Å². The van der Waals surface area contributed by atoms with E-state index >= 15 is 0 Å². The molecule has 14 heavy (non-hydrogen) atoms. The summed E-state index contributed by atoms with van der Waals surface area (Å²) in [4.78, 5) is 2.36. The zero-order chi connectivity index (χ0) is 10.8. The lowest BCUT2D eigenvalue weighted by atomic mass is 10.2. The van der Waals surface area contributed by atoms with Crippen LogP contribution < -0.4 is 5.32 Å². The lowest BCUT2D eigenvalue weighted by Gasteiger charge is -2.23. The lowest BCUT2D eigenvalue weighted by molar-refractivity contribution is 0.114. The highest BCUT2D eigenvalue weighted by Crippen LogP contribution is 2.01. The third-order valence-electron chi connectivity index (χ3n) is 2.60. The second kappa shape index (κ2) is 9.44. The van der Waals surface area contributed by atoms with Crippen LogP contribution in [0.5, 0.6) is 0 Å². The summed E-state index contributed by atoms with van der Waals surface area (Å²) in [5, 5.41) is 3.17. The van der Waals surface area contributed by atoms with Crippen LogP contribution in [-0.2, 0) is 4.74 Å². The Balaban J connectivity index is 3.29. The van der Waals surface area contributed by atoms with Crippen molar-refractivity contribution in [3.05, 3.63) is 0 Å². The average molecular weight is 202 g/mol. The van der Waals surface area contributed by atoms with E-state index in [4.69, 9.17) is 4.74 Å². The predicted octanol–water partition coefficient (Wildman–Crippen LogP) is 1.34. The van der Waals surface area contributed by atoms with Crippen LogP contribution in [0.1, 0.15) is 26.2 Å². The van der Waals surface area contributed by atoms with E-state index in [-0.39, 0.29) is 0 Å². The Hall–Kier alpha value is -0.120. The summed E-state index contributed by atoms with van der Waals surface area (Å²) < 4.78 is 5.12. The van der Waals surface area contributed by atoms with Crippen molar-refractivity contribution in [1.82, 2.24) is 10.2 Å². The van der Waals surface area contributed by atoms with E-state index in [2.05, 4.69) is 24.2 Å². The van der Waals surface area contributed by atoms with Gasteiger partial charge in [-0.05, 0) is 47.0 Å². The maximum absolute atomic E-state index is 5.12. The molecular weight excluding hydrogens is 176 g/mol. The van der Waals surface area contributed by atoms with E-state index < -0.39 is 0 Å². The maximum Gasteiger partial charge on any atom is 0.0615 e. The first kappa shape index (κ1) is 13.9. The predicted molar refractivity (Wildman–Crippen MR) is 61.7 cm³/mol. The van der Waals surface area contributed by atoms with Crippen molar-refractivity contribution >= 4 is 0 Å². The molecule has 0 rings (SSSR count). The molecule has 0 saturated heterocycles. The van der Waals surface area contributed by atoms with Gasteiger partial charge >= 0.3 is 0 Å². The molecule has 0 aromatic heterocycles. The third-order valence-corrected chi connectivity index (χ3v) is 2.60. The smallest absolute Gasteiger partial charge is 0.0615 e. The largest absolute Gasteiger partial charge is 0.383 e. The summed E-state index contributed by atoms with van der Waals surface area (Å²) in [7, 11) is 5.94. The quantitative estimate of drug-likeness (QED) is 0.571. The molecular formula is C11H26N2O. The van der Waals surface area contributed by atoms with Gasteiger partial charge in [-0.25, -0.2) is 0 Å². The summed E-state index contributed by atoms with van der Waals surface area (Å²) in [6, 6.07) is 0.532. The Morgan fingerprint density at radius 3 is 2.57 bits per heavy atom. The number of nitrogens with zero attached hydrogens (tertiary/aromatic N) is 1. The molecule has 0 aliphatic rings. The highest BCUT2D eigenvalue weighted by atomic mass is 16.5. The molecule has 86 valence electrons. The first-order valence-electron chi connectivity index (χ1n) is 5.56. The van der Waals surface area contributed by atoms with Crippen molar-refractivity contribution in [1.29, 1.82) is 0 Å². The Bertz CT molecular complexity index is 120. The fraction of sp³-hybridized carbons (Fsp3) is 1.00. The van der Waals surface area contributed by atoms with E-state index in [1.807, 2.05) is 7.05 Å². The molecule has 0 radical (unpaired) electrons. The fourth-order valence-electron chi connectivity index (χ4n) is 1.43. The van der Waals surface area contributed by atoms with Gasteiger partial charge in [0.1, 0.15) is 0 Å². The summed E-state index contributed by atoms with van der Waals surface area (Å²) in [6.45, 7) is 5.34. The fourth-order valence-corrected chi connectivity index (χ4v) is 1.43. The number of rotatable bonds is 9. The van der Waals surface area contributed by atoms with E-state index in [0.717, 1.165) is 13.2 Å². The van der Waals surface area contributed by atoms with Crippen LogP contribution in [0, 0.1) is 0 Å². The van der Waals surface area contributed by atoms with Crippen LogP contribution in [0.4, 0.5) is 0 Å². The van der Waals surface area contributed by atoms with Gasteiger partial charge in [0, 0.05) is 13.2 Å². The number of nitrogens with one attached hydrogen (secondary N) is 1. The number of unbranched alkanes of at least 4 members (excludes halogenated alkanes) is 2. The molecule has 0 fully saturated rings. The number of likely N-dealkylation sites (N-methyl/N-ethyl adjacent to an activating group) is 1. The molecule has 0 aliphatic heterocycles. The zero-order valence-corrected chi connectivity index (χ0v) is 10.2. The zero-order valence-electron chi connectivity index (χ0n) is 10.2. The van der Waals surface area contributed by atoms with Crippen molar-refractivity contribution in [3.63, 3.8) is 0 Å². The SMILES string of the molecule is CNCCCCCN(C)C(C)COC. The molecule has 3 nitrogen and oxygen atoms in total. The van der Waals surface area contributed by atoms with Gasteiger partial charge in [-0.15, -0.1) is 0 Å². The molecule has 0 amide bonds. The van der Waals surface area contributed by atoms with Crippen molar-refractivity contribution in [3.8, 4) is 0 Å². The standard InChI is InChI=1S/C11H26N2O/c1-11(10-14-4)13(3)9-7-5-6-8-12-2/h11-12H,5-10H2,1-4H3. The van der Waals surface area contributed by atoms with Gasteiger partial charge in [0.2, 0.25) is 0 Å². The first-order chi connectivity index (χ1) is 6.72. The summed E-state index contributed by atoms with van der Waals surface area (Å²) in [6.07, 6.45) is 3.88. The normalized spacial score (nSPS) is 13.5. The van der Waals surface area contributed by atoms with Crippen LogP contribution in [0.25, 0.3) is 0 Å². The van der Waals surface area contributed by atoms with E-state index in [1.54, 1.807) is 7.11 Å². The van der Waals surface area contributed by atoms with Crippen molar-refractivity contribution in [2.24, 2.45) is 0 Å². The second-order valence-electron chi connectivity index (χ2n) is 3.95. The minimum Gasteiger partial charge on any atom is -0.383 e. The van der Waals surface area contributed by atoms with Gasteiger partial charge in [-0.2, -0.15) is 0 Å². The highest BCUT2D eigenvalue weighted by molar-refractivity contribution is 4.62. The van der Waals surface area contributed by atoms with Crippen LogP contribution in [0.15, 0.2) is 0 Å². The van der Waals surface area contributed by atoms with Crippen LogP contribution in [0.2, 0.25) is 0 Å². The molecule has 0 spiro atoms. The summed E-state index contributed by atoms with van der Waals surface area (Å²) in [5.41, 5.74) is 0. The van der Waals surface area contributed by atoms with Gasteiger partial charge in [0.25, 0.3) is 0 Å². The van der Waals surface area contributed by atoms with Crippen LogP contribution in [0.3, 0.4) is 0 Å². The Kier molecular flexibility index (Phi) is 9.35. The second-order valence-corrected chi connectivity index (χ2v) is 3.95. The van der Waals surface area contributed by atoms with Gasteiger partial charge in [-0.1, -0.05) is 6.42 Å². The van der Waals surface area contributed by atoms with Gasteiger partial charge < -0.3 is 15.0 Å². The molecule has 3 heteroatoms. The molecule has 0 saturated carbocycles. The molecule has 0 aromatic carbocycles. The monoisotopic (exact) mass is 202 g/mol. The van der Waals surface area contributed by atoms with Crippen molar-refractivity contribution < 1.29 is 4.74 Å². The highest BCUT2D eigenvalue weighted by Gasteiger charge is 2.07. The van der Waals surface area contributed by atoms with E-state index in [1.165, 1.54) is 25.8 Å². The van der Waals surface area contributed by atoms with Crippen molar-refractivity contribution in [2.75, 3.05) is 40.9 Å². The Morgan fingerprint density at radius 1 is 1.29 bits per heavy atom. The number of methoxy groups -OCH3 is 1. The van der Waals surface area contributed by atoms with Crippen LogP contribution >= 0.6 is 0 Å².